The van der Waals surface area contributed by atoms with Crippen molar-refractivity contribution in [3.05, 3.63) is 81.3 Å². The van der Waals surface area contributed by atoms with Crippen molar-refractivity contribution in [2.75, 3.05) is 24.9 Å². The van der Waals surface area contributed by atoms with Gasteiger partial charge in [0.2, 0.25) is 0 Å². The second kappa shape index (κ2) is 10.2. The summed E-state index contributed by atoms with van der Waals surface area (Å²) < 4.78 is 10.4. The highest BCUT2D eigenvalue weighted by Crippen LogP contribution is 2.27. The first-order valence-electron chi connectivity index (χ1n) is 9.40. The van der Waals surface area contributed by atoms with E-state index in [9.17, 15) is 19.5 Å². The Labute approximate surface area is 199 Å². The molecule has 0 unspecified atom stereocenters. The molecule has 0 aliphatic carbocycles. The van der Waals surface area contributed by atoms with Crippen molar-refractivity contribution in [3.8, 4) is 11.5 Å². The van der Waals surface area contributed by atoms with Gasteiger partial charge >= 0.3 is 5.97 Å². The highest BCUT2D eigenvalue weighted by atomic mass is 35.5. The Kier molecular flexibility index (Phi) is 7.42. The largest absolute Gasteiger partial charge is 0.496 e. The number of carbonyl (C=O) groups is 3. The van der Waals surface area contributed by atoms with Crippen LogP contribution in [0.5, 0.6) is 11.5 Å². The molecule has 2 amide bonds. The van der Waals surface area contributed by atoms with E-state index in [1.54, 1.807) is 12.1 Å². The highest BCUT2D eigenvalue weighted by Gasteiger charge is 2.17. The monoisotopic (exact) mass is 488 g/mol. The van der Waals surface area contributed by atoms with Crippen molar-refractivity contribution in [2.45, 2.75) is 0 Å². The number of anilines is 2. The van der Waals surface area contributed by atoms with Crippen molar-refractivity contribution in [3.63, 3.8) is 0 Å². The number of amides is 2. The number of hydrogen-bond acceptors (Lipinski definition) is 5. The zero-order chi connectivity index (χ0) is 24.1. The van der Waals surface area contributed by atoms with Crippen molar-refractivity contribution >= 4 is 52.4 Å². The van der Waals surface area contributed by atoms with Gasteiger partial charge < -0.3 is 25.2 Å². The summed E-state index contributed by atoms with van der Waals surface area (Å²) in [4.78, 5) is 37.2. The summed E-state index contributed by atoms with van der Waals surface area (Å²) in [6.07, 6.45) is 0. The number of methoxy groups -OCH3 is 2. The van der Waals surface area contributed by atoms with Gasteiger partial charge in [-0.1, -0.05) is 23.2 Å². The lowest BCUT2D eigenvalue weighted by molar-refractivity contribution is 0.0696. The highest BCUT2D eigenvalue weighted by molar-refractivity contribution is 6.31. The molecule has 10 heteroatoms. The normalized spacial score (nSPS) is 10.3. The molecule has 8 nitrogen and oxygen atoms in total. The van der Waals surface area contributed by atoms with E-state index in [4.69, 9.17) is 32.7 Å². The molecule has 3 rings (SSSR count). The van der Waals surface area contributed by atoms with Crippen LogP contribution in [0.1, 0.15) is 31.1 Å². The van der Waals surface area contributed by atoms with Crippen molar-refractivity contribution in [2.24, 2.45) is 0 Å². The number of hydrogen-bond donors (Lipinski definition) is 3. The summed E-state index contributed by atoms with van der Waals surface area (Å²) in [7, 11) is 2.81. The molecule has 0 heterocycles. The Hall–Kier alpha value is -3.75. The van der Waals surface area contributed by atoms with Crippen molar-refractivity contribution in [1.82, 2.24) is 0 Å². The quantitative estimate of drug-likeness (QED) is 0.420. The Morgan fingerprint density at radius 1 is 0.727 bits per heavy atom. The number of nitrogens with one attached hydrogen (secondary N) is 2. The first-order valence-corrected chi connectivity index (χ1v) is 10.2. The Balaban J connectivity index is 1.93. The molecular formula is C23H18Cl2N2O6. The fraction of sp³-hybridized carbons (Fsp3) is 0.0870. The average Bonchev–Trinajstić information content (AvgIpc) is 2.78. The van der Waals surface area contributed by atoms with E-state index >= 15 is 0 Å². The van der Waals surface area contributed by atoms with Gasteiger partial charge in [0.25, 0.3) is 11.8 Å². The van der Waals surface area contributed by atoms with Gasteiger partial charge in [-0.2, -0.15) is 0 Å². The predicted molar refractivity (Wildman–Crippen MR) is 125 cm³/mol. The smallest absolute Gasteiger partial charge is 0.335 e. The summed E-state index contributed by atoms with van der Waals surface area (Å²) in [5.74, 6) is -1.83. The molecule has 0 spiro atoms. The molecule has 0 saturated heterocycles. The van der Waals surface area contributed by atoms with E-state index in [2.05, 4.69) is 10.6 Å². The number of rotatable bonds is 7. The molecule has 3 aromatic rings. The van der Waals surface area contributed by atoms with Crippen LogP contribution in [0.25, 0.3) is 0 Å². The van der Waals surface area contributed by atoms with E-state index in [-0.39, 0.29) is 39.6 Å². The van der Waals surface area contributed by atoms with Gasteiger partial charge in [-0.15, -0.1) is 0 Å². The van der Waals surface area contributed by atoms with Crippen molar-refractivity contribution < 1.29 is 29.0 Å². The minimum Gasteiger partial charge on any atom is -0.496 e. The van der Waals surface area contributed by atoms with Gasteiger partial charge in [0.05, 0.1) is 30.9 Å². The number of carboxylic acid groups (broad SMARTS) is 1. The lowest BCUT2D eigenvalue weighted by Gasteiger charge is -2.13. The van der Waals surface area contributed by atoms with E-state index in [0.717, 1.165) is 0 Å². The molecule has 33 heavy (non-hydrogen) atoms. The maximum Gasteiger partial charge on any atom is 0.335 e. The van der Waals surface area contributed by atoms with E-state index in [1.165, 1.54) is 56.7 Å². The SMILES string of the molecule is COc1ccc(Cl)cc1C(=O)Nc1cc(NC(=O)c2cc(Cl)ccc2OC)cc(C(=O)O)c1. The summed E-state index contributed by atoms with van der Waals surface area (Å²) in [5.41, 5.74) is 0.421. The van der Waals surface area contributed by atoms with Crippen LogP contribution in [0.15, 0.2) is 54.6 Å². The van der Waals surface area contributed by atoms with E-state index < -0.39 is 17.8 Å². The van der Waals surface area contributed by atoms with Crippen LogP contribution in [0.2, 0.25) is 10.0 Å². The molecular weight excluding hydrogens is 471 g/mol. The molecule has 170 valence electrons. The standard InChI is InChI=1S/C23H18Cl2N2O6/c1-32-19-5-3-13(24)9-17(19)21(28)26-15-7-12(23(30)31)8-16(11-15)27-22(29)18-10-14(25)4-6-20(18)33-2/h3-11H,1-2H3,(H,26,28)(H,27,29)(H,30,31). The maximum atomic E-state index is 12.8. The van der Waals surface area contributed by atoms with E-state index in [0.29, 0.717) is 10.0 Å². The zero-order valence-electron chi connectivity index (χ0n) is 17.4. The molecule has 3 aromatic carbocycles. The van der Waals surface area contributed by atoms with Gasteiger partial charge in [-0.25, -0.2) is 4.79 Å². The number of carboxylic acids is 1. The van der Waals surface area contributed by atoms with Crippen LogP contribution >= 0.6 is 23.2 Å². The van der Waals surface area contributed by atoms with Gasteiger partial charge in [0, 0.05) is 21.4 Å². The summed E-state index contributed by atoms with van der Waals surface area (Å²) in [6, 6.07) is 13.0. The topological polar surface area (TPSA) is 114 Å². The Bertz CT molecular complexity index is 1160. The second-order valence-corrected chi connectivity index (χ2v) is 7.57. The van der Waals surface area contributed by atoms with Crippen molar-refractivity contribution in [1.29, 1.82) is 0 Å². The van der Waals surface area contributed by atoms with Gasteiger partial charge in [-0.05, 0) is 54.6 Å². The fourth-order valence-electron chi connectivity index (χ4n) is 3.01. The summed E-state index contributed by atoms with van der Waals surface area (Å²) in [6.45, 7) is 0. The first-order chi connectivity index (χ1) is 15.7. The summed E-state index contributed by atoms with van der Waals surface area (Å²) in [5, 5.41) is 15.3. The number of halogens is 2. The number of benzene rings is 3. The van der Waals surface area contributed by atoms with Gasteiger partial charge in [-0.3, -0.25) is 9.59 Å². The minimum atomic E-state index is -1.25. The van der Waals surface area contributed by atoms with Gasteiger partial charge in [0.15, 0.2) is 0 Å². The van der Waals surface area contributed by atoms with Gasteiger partial charge in [0.1, 0.15) is 11.5 Å². The molecule has 0 aliphatic heterocycles. The molecule has 0 aromatic heterocycles. The first kappa shape index (κ1) is 23.9. The molecule has 0 bridgehead atoms. The van der Waals surface area contributed by atoms with Crippen LogP contribution < -0.4 is 20.1 Å². The van der Waals surface area contributed by atoms with Crippen LogP contribution in [0, 0.1) is 0 Å². The molecule has 0 radical (unpaired) electrons. The minimum absolute atomic E-state index is 0.135. The number of carbonyl (C=O) groups excluding carboxylic acids is 2. The van der Waals surface area contributed by atoms with Crippen LogP contribution in [0.3, 0.4) is 0 Å². The van der Waals surface area contributed by atoms with E-state index in [1.807, 2.05) is 0 Å². The third kappa shape index (κ3) is 5.74. The molecule has 0 fully saturated rings. The third-order valence-corrected chi connectivity index (χ3v) is 4.98. The summed E-state index contributed by atoms with van der Waals surface area (Å²) >= 11 is 12.0. The lowest BCUT2D eigenvalue weighted by atomic mass is 10.1. The zero-order valence-corrected chi connectivity index (χ0v) is 19.0. The van der Waals surface area contributed by atoms with Crippen LogP contribution in [0.4, 0.5) is 11.4 Å². The molecule has 0 aliphatic rings. The Morgan fingerprint density at radius 2 is 1.15 bits per heavy atom. The van der Waals surface area contributed by atoms with Crippen LogP contribution in [-0.4, -0.2) is 37.1 Å². The molecule has 3 N–H and O–H groups in total. The average molecular weight is 489 g/mol. The van der Waals surface area contributed by atoms with Crippen LogP contribution in [-0.2, 0) is 0 Å². The molecule has 0 atom stereocenters. The third-order valence-electron chi connectivity index (χ3n) is 4.51. The Morgan fingerprint density at radius 3 is 1.52 bits per heavy atom. The number of ether oxygens (including phenoxy) is 2. The fourth-order valence-corrected chi connectivity index (χ4v) is 3.35. The molecule has 0 saturated carbocycles. The number of aromatic carboxylic acids is 1. The predicted octanol–water partition coefficient (Wildman–Crippen LogP) is 5.21. The maximum absolute atomic E-state index is 12.8. The lowest BCUT2D eigenvalue weighted by Crippen LogP contribution is -2.16. The second-order valence-electron chi connectivity index (χ2n) is 6.70.